The number of pyridine rings is 1. The first-order valence-electron chi connectivity index (χ1n) is 7.78. The third-order valence-corrected chi connectivity index (χ3v) is 4.67. The summed E-state index contributed by atoms with van der Waals surface area (Å²) in [6, 6.07) is 6.33. The summed E-state index contributed by atoms with van der Waals surface area (Å²) in [7, 11) is 2.23. The molecule has 20 heavy (non-hydrogen) atoms. The molecule has 3 rings (SSSR count). The van der Waals surface area contributed by atoms with Crippen LogP contribution in [0.15, 0.2) is 18.3 Å². The zero-order valence-electron chi connectivity index (χ0n) is 12.8. The van der Waals surface area contributed by atoms with Crippen molar-refractivity contribution in [2.45, 2.75) is 51.4 Å². The highest BCUT2D eigenvalue weighted by Crippen LogP contribution is 2.23. The zero-order valence-corrected chi connectivity index (χ0v) is 12.8. The summed E-state index contributed by atoms with van der Waals surface area (Å²) in [5, 5.41) is 3.54. The Bertz CT molecular complexity index is 446. The van der Waals surface area contributed by atoms with Crippen LogP contribution in [0.1, 0.15) is 32.4 Å². The van der Waals surface area contributed by atoms with Crippen molar-refractivity contribution in [3.63, 3.8) is 0 Å². The Kier molecular flexibility index (Phi) is 3.94. The first-order chi connectivity index (χ1) is 9.63. The molecule has 1 aliphatic heterocycles. The third-order valence-electron chi connectivity index (χ3n) is 4.67. The smallest absolute Gasteiger partial charge is 0.0562 e. The van der Waals surface area contributed by atoms with Crippen molar-refractivity contribution in [2.75, 3.05) is 25.0 Å². The predicted octanol–water partition coefficient (Wildman–Crippen LogP) is 1.86. The Hall–Kier alpha value is -1.13. The van der Waals surface area contributed by atoms with E-state index in [4.69, 9.17) is 0 Å². The van der Waals surface area contributed by atoms with Crippen molar-refractivity contribution in [1.82, 2.24) is 15.2 Å². The molecule has 110 valence electrons. The summed E-state index contributed by atoms with van der Waals surface area (Å²) < 4.78 is 0. The van der Waals surface area contributed by atoms with Gasteiger partial charge in [-0.3, -0.25) is 9.88 Å². The first kappa shape index (κ1) is 13.8. The molecule has 4 nitrogen and oxygen atoms in total. The maximum Gasteiger partial charge on any atom is 0.0562 e. The van der Waals surface area contributed by atoms with Gasteiger partial charge in [0, 0.05) is 49.6 Å². The molecule has 0 amide bonds. The van der Waals surface area contributed by atoms with Crippen LogP contribution in [0.3, 0.4) is 0 Å². The van der Waals surface area contributed by atoms with Crippen LogP contribution in [0.2, 0.25) is 0 Å². The number of piperazine rings is 1. The van der Waals surface area contributed by atoms with E-state index in [-0.39, 0.29) is 0 Å². The number of hydrogen-bond donors (Lipinski definition) is 1. The minimum absolute atomic E-state index is 0.597. The van der Waals surface area contributed by atoms with Crippen LogP contribution >= 0.6 is 0 Å². The Morgan fingerprint density at radius 1 is 1.25 bits per heavy atom. The summed E-state index contributed by atoms with van der Waals surface area (Å²) in [6.45, 7) is 7.71. The molecule has 2 atom stereocenters. The van der Waals surface area contributed by atoms with E-state index in [2.05, 4.69) is 53.1 Å². The summed E-state index contributed by atoms with van der Waals surface area (Å²) in [5.41, 5.74) is 2.48. The lowest BCUT2D eigenvalue weighted by Gasteiger charge is -2.43. The molecule has 2 unspecified atom stereocenters. The lowest BCUT2D eigenvalue weighted by molar-refractivity contribution is 0.170. The number of nitrogens with one attached hydrogen (secondary N) is 1. The van der Waals surface area contributed by atoms with Crippen molar-refractivity contribution in [2.24, 2.45) is 0 Å². The summed E-state index contributed by atoms with van der Waals surface area (Å²) in [5.74, 6) is 0. The third kappa shape index (κ3) is 3.13. The fraction of sp³-hybridized carbons (Fsp3) is 0.688. The number of likely N-dealkylation sites (N-methyl/N-ethyl adjacent to an activating group) is 1. The molecule has 2 aliphatic rings. The Morgan fingerprint density at radius 3 is 2.60 bits per heavy atom. The van der Waals surface area contributed by atoms with Gasteiger partial charge in [0.25, 0.3) is 0 Å². The molecule has 1 aliphatic carbocycles. The fourth-order valence-corrected chi connectivity index (χ4v) is 2.91. The second-order valence-corrected chi connectivity index (χ2v) is 6.43. The second kappa shape index (κ2) is 5.70. The van der Waals surface area contributed by atoms with E-state index in [1.807, 2.05) is 6.20 Å². The maximum atomic E-state index is 4.49. The molecule has 2 fully saturated rings. The highest BCUT2D eigenvalue weighted by atomic mass is 15.3. The molecule has 1 aromatic heterocycles. The largest absolute Gasteiger partial charge is 0.368 e. The molecule has 0 spiro atoms. The average Bonchev–Trinajstić information content (AvgIpc) is 3.26. The van der Waals surface area contributed by atoms with Gasteiger partial charge in [-0.05, 0) is 45.9 Å². The molecule has 1 saturated heterocycles. The SMILES string of the molecule is CC1CN(c2ccnc(CNC3CC3)c2)CC(C)N1C. The molecule has 1 saturated carbocycles. The van der Waals surface area contributed by atoms with Crippen LogP contribution in [0, 0.1) is 0 Å². The van der Waals surface area contributed by atoms with Gasteiger partial charge in [-0.15, -0.1) is 0 Å². The normalized spacial score (nSPS) is 27.9. The summed E-state index contributed by atoms with van der Waals surface area (Å²) in [6.07, 6.45) is 4.60. The fourth-order valence-electron chi connectivity index (χ4n) is 2.91. The molecular formula is C16H26N4. The van der Waals surface area contributed by atoms with E-state index < -0.39 is 0 Å². The lowest BCUT2D eigenvalue weighted by atomic mass is 10.1. The van der Waals surface area contributed by atoms with E-state index in [9.17, 15) is 0 Å². The topological polar surface area (TPSA) is 31.4 Å². The molecule has 4 heteroatoms. The summed E-state index contributed by atoms with van der Waals surface area (Å²) in [4.78, 5) is 9.45. The Morgan fingerprint density at radius 2 is 1.95 bits per heavy atom. The van der Waals surface area contributed by atoms with E-state index in [0.29, 0.717) is 12.1 Å². The first-order valence-corrected chi connectivity index (χ1v) is 7.78. The molecule has 2 heterocycles. The van der Waals surface area contributed by atoms with Crippen molar-refractivity contribution in [3.05, 3.63) is 24.0 Å². The van der Waals surface area contributed by atoms with Crippen molar-refractivity contribution in [1.29, 1.82) is 0 Å². The minimum Gasteiger partial charge on any atom is -0.368 e. The van der Waals surface area contributed by atoms with E-state index in [1.54, 1.807) is 0 Å². The van der Waals surface area contributed by atoms with Gasteiger partial charge in [-0.1, -0.05) is 0 Å². The molecule has 0 aromatic carbocycles. The zero-order chi connectivity index (χ0) is 14.1. The maximum absolute atomic E-state index is 4.49. The van der Waals surface area contributed by atoms with Gasteiger partial charge in [-0.2, -0.15) is 0 Å². The number of nitrogens with zero attached hydrogens (tertiary/aromatic N) is 3. The van der Waals surface area contributed by atoms with Gasteiger partial charge in [0.1, 0.15) is 0 Å². The molecular weight excluding hydrogens is 248 g/mol. The van der Waals surface area contributed by atoms with Crippen LogP contribution in [-0.2, 0) is 6.54 Å². The van der Waals surface area contributed by atoms with E-state index in [1.165, 1.54) is 18.5 Å². The van der Waals surface area contributed by atoms with Gasteiger partial charge < -0.3 is 10.2 Å². The molecule has 1 N–H and O–H groups in total. The van der Waals surface area contributed by atoms with Crippen LogP contribution in [0.4, 0.5) is 5.69 Å². The number of anilines is 1. The highest BCUT2D eigenvalue weighted by molar-refractivity contribution is 5.47. The van der Waals surface area contributed by atoms with Gasteiger partial charge in [0.05, 0.1) is 5.69 Å². The Balaban J connectivity index is 1.67. The van der Waals surface area contributed by atoms with Crippen molar-refractivity contribution < 1.29 is 0 Å². The van der Waals surface area contributed by atoms with Crippen LogP contribution in [0.25, 0.3) is 0 Å². The molecule has 1 aromatic rings. The molecule has 0 bridgehead atoms. The minimum atomic E-state index is 0.597. The Labute approximate surface area is 122 Å². The van der Waals surface area contributed by atoms with Gasteiger partial charge >= 0.3 is 0 Å². The standard InChI is InChI=1S/C16H26N4/c1-12-10-20(11-13(2)19(12)3)16-6-7-17-15(8-16)9-18-14-4-5-14/h6-8,12-14,18H,4-5,9-11H2,1-3H3. The lowest BCUT2D eigenvalue weighted by Crippen LogP contribution is -2.55. The number of rotatable bonds is 4. The van der Waals surface area contributed by atoms with Crippen LogP contribution < -0.4 is 10.2 Å². The number of hydrogen-bond acceptors (Lipinski definition) is 4. The monoisotopic (exact) mass is 274 g/mol. The summed E-state index contributed by atoms with van der Waals surface area (Å²) >= 11 is 0. The van der Waals surface area contributed by atoms with Crippen LogP contribution in [0.5, 0.6) is 0 Å². The van der Waals surface area contributed by atoms with Crippen molar-refractivity contribution >= 4 is 5.69 Å². The predicted molar refractivity (Wildman–Crippen MR) is 83.0 cm³/mol. The van der Waals surface area contributed by atoms with Gasteiger partial charge in [0.15, 0.2) is 0 Å². The van der Waals surface area contributed by atoms with E-state index in [0.717, 1.165) is 31.4 Å². The number of aromatic nitrogens is 1. The van der Waals surface area contributed by atoms with Gasteiger partial charge in [-0.25, -0.2) is 0 Å². The molecule has 0 radical (unpaired) electrons. The van der Waals surface area contributed by atoms with Crippen LogP contribution in [-0.4, -0.2) is 48.1 Å². The average molecular weight is 274 g/mol. The van der Waals surface area contributed by atoms with E-state index >= 15 is 0 Å². The van der Waals surface area contributed by atoms with Crippen molar-refractivity contribution in [3.8, 4) is 0 Å². The van der Waals surface area contributed by atoms with Gasteiger partial charge in [0.2, 0.25) is 0 Å². The second-order valence-electron chi connectivity index (χ2n) is 6.43. The highest BCUT2D eigenvalue weighted by Gasteiger charge is 2.26. The quantitative estimate of drug-likeness (QED) is 0.908.